The van der Waals surface area contributed by atoms with Crippen molar-refractivity contribution in [3.8, 4) is 0 Å². The molecule has 0 amide bonds. The van der Waals surface area contributed by atoms with E-state index in [2.05, 4.69) is 0 Å². The van der Waals surface area contributed by atoms with Gasteiger partial charge >= 0.3 is 0 Å². The Morgan fingerprint density at radius 2 is 2.21 bits per heavy atom. The van der Waals surface area contributed by atoms with E-state index in [1.165, 1.54) is 12.1 Å². The normalized spacial score (nSPS) is 12.7. The van der Waals surface area contributed by atoms with Crippen LogP contribution in [-0.4, -0.2) is 16.5 Å². The van der Waals surface area contributed by atoms with Crippen LogP contribution in [0, 0.1) is 5.82 Å². The number of rotatable bonds is 5. The maximum Gasteiger partial charge on any atom is 0.123 e. The van der Waals surface area contributed by atoms with Gasteiger partial charge in [-0.15, -0.1) is 0 Å². The lowest BCUT2D eigenvalue weighted by Crippen LogP contribution is -2.07. The monoisotopic (exact) mass is 215 g/mol. The minimum Gasteiger partial charge on any atom is -0.330 e. The Morgan fingerprint density at radius 1 is 1.43 bits per heavy atom. The van der Waals surface area contributed by atoms with E-state index < -0.39 is 10.8 Å². The van der Waals surface area contributed by atoms with Crippen molar-refractivity contribution < 1.29 is 8.60 Å². The second kappa shape index (κ2) is 5.88. The highest BCUT2D eigenvalue weighted by atomic mass is 32.2. The van der Waals surface area contributed by atoms with E-state index in [1.807, 2.05) is 0 Å². The average Bonchev–Trinajstić information content (AvgIpc) is 2.15. The van der Waals surface area contributed by atoms with Crippen LogP contribution in [0.1, 0.15) is 12.0 Å². The van der Waals surface area contributed by atoms with Crippen LogP contribution in [0.4, 0.5) is 4.39 Å². The van der Waals surface area contributed by atoms with E-state index in [1.54, 1.807) is 12.1 Å². The Balaban J connectivity index is 2.47. The first-order chi connectivity index (χ1) is 6.72. The molecule has 0 saturated carbocycles. The number of hydrogen-bond acceptors (Lipinski definition) is 2. The van der Waals surface area contributed by atoms with Crippen LogP contribution in [0.25, 0.3) is 0 Å². The molecule has 0 heterocycles. The summed E-state index contributed by atoms with van der Waals surface area (Å²) in [4.78, 5) is 0. The van der Waals surface area contributed by atoms with Crippen molar-refractivity contribution in [2.24, 2.45) is 5.73 Å². The van der Waals surface area contributed by atoms with E-state index in [0.29, 0.717) is 18.1 Å². The van der Waals surface area contributed by atoms with E-state index in [0.717, 1.165) is 12.0 Å². The molecule has 4 heteroatoms. The highest BCUT2D eigenvalue weighted by molar-refractivity contribution is 7.84. The van der Waals surface area contributed by atoms with Crippen LogP contribution in [0.5, 0.6) is 0 Å². The highest BCUT2D eigenvalue weighted by Gasteiger charge is 2.01. The van der Waals surface area contributed by atoms with Gasteiger partial charge in [-0.1, -0.05) is 12.1 Å². The first-order valence-electron chi connectivity index (χ1n) is 4.52. The summed E-state index contributed by atoms with van der Waals surface area (Å²) in [5.41, 5.74) is 6.08. The molecule has 0 aliphatic carbocycles. The molecule has 0 saturated heterocycles. The zero-order chi connectivity index (χ0) is 10.4. The van der Waals surface area contributed by atoms with Crippen LogP contribution in [0.2, 0.25) is 0 Å². The van der Waals surface area contributed by atoms with Crippen molar-refractivity contribution in [1.29, 1.82) is 0 Å². The number of hydrogen-bond donors (Lipinski definition) is 1. The van der Waals surface area contributed by atoms with Crippen molar-refractivity contribution in [1.82, 2.24) is 0 Å². The summed E-state index contributed by atoms with van der Waals surface area (Å²) in [6.45, 7) is 0.550. The summed E-state index contributed by atoms with van der Waals surface area (Å²) in [5.74, 6) is 0.725. The van der Waals surface area contributed by atoms with Crippen LogP contribution < -0.4 is 5.73 Å². The molecular weight excluding hydrogens is 201 g/mol. The SMILES string of the molecule is NCCCS(=O)Cc1cccc(F)c1. The van der Waals surface area contributed by atoms with Crippen molar-refractivity contribution >= 4 is 10.8 Å². The molecule has 1 unspecified atom stereocenters. The summed E-state index contributed by atoms with van der Waals surface area (Å²) in [7, 11) is -0.926. The number of halogens is 1. The lowest BCUT2D eigenvalue weighted by Gasteiger charge is -2.01. The largest absolute Gasteiger partial charge is 0.330 e. The zero-order valence-electron chi connectivity index (χ0n) is 7.91. The average molecular weight is 215 g/mol. The van der Waals surface area contributed by atoms with Gasteiger partial charge in [0.2, 0.25) is 0 Å². The van der Waals surface area contributed by atoms with Crippen LogP contribution in [0.3, 0.4) is 0 Å². The van der Waals surface area contributed by atoms with E-state index in [4.69, 9.17) is 5.73 Å². The minimum atomic E-state index is -0.926. The van der Waals surface area contributed by atoms with Gasteiger partial charge in [0.15, 0.2) is 0 Å². The molecule has 1 aromatic carbocycles. The molecule has 0 spiro atoms. The first-order valence-corrected chi connectivity index (χ1v) is 6.00. The number of benzene rings is 1. The molecule has 0 aromatic heterocycles. The van der Waals surface area contributed by atoms with E-state index in [-0.39, 0.29) is 5.82 Å². The molecule has 0 bridgehead atoms. The molecule has 14 heavy (non-hydrogen) atoms. The molecule has 0 fully saturated rings. The molecule has 0 aliphatic rings. The van der Waals surface area contributed by atoms with Gasteiger partial charge in [0.05, 0.1) is 0 Å². The second-order valence-corrected chi connectivity index (χ2v) is 4.64. The maximum absolute atomic E-state index is 12.8. The standard InChI is InChI=1S/C10H14FNOS/c11-10-4-1-3-9(7-10)8-14(13)6-2-5-12/h1,3-4,7H,2,5-6,8,12H2. The Kier molecular flexibility index (Phi) is 4.76. The van der Waals surface area contributed by atoms with Gasteiger partial charge in [-0.05, 0) is 30.7 Å². The van der Waals surface area contributed by atoms with Gasteiger partial charge in [0.1, 0.15) is 5.82 Å². The smallest absolute Gasteiger partial charge is 0.123 e. The number of nitrogens with two attached hydrogens (primary N) is 1. The molecule has 2 N–H and O–H groups in total. The molecule has 2 nitrogen and oxygen atoms in total. The molecule has 1 aromatic rings. The zero-order valence-corrected chi connectivity index (χ0v) is 8.73. The van der Waals surface area contributed by atoms with Gasteiger partial charge in [-0.2, -0.15) is 0 Å². The Bertz CT molecular complexity index is 317. The lowest BCUT2D eigenvalue weighted by molar-refractivity contribution is 0.626. The Labute approximate surface area is 85.8 Å². The second-order valence-electron chi connectivity index (χ2n) is 3.06. The lowest BCUT2D eigenvalue weighted by atomic mass is 10.2. The van der Waals surface area contributed by atoms with Crippen molar-refractivity contribution in [2.45, 2.75) is 12.2 Å². The third-order valence-corrected chi connectivity index (χ3v) is 3.19. The summed E-state index contributed by atoms with van der Waals surface area (Å²) < 4.78 is 24.2. The Hall–Kier alpha value is -0.740. The third kappa shape index (κ3) is 3.98. The van der Waals surface area contributed by atoms with E-state index >= 15 is 0 Å². The summed E-state index contributed by atoms with van der Waals surface area (Å²) >= 11 is 0. The molecule has 1 atom stereocenters. The van der Waals surface area contributed by atoms with Gasteiger partial charge in [0.25, 0.3) is 0 Å². The summed E-state index contributed by atoms with van der Waals surface area (Å²) in [6.07, 6.45) is 0.752. The predicted molar refractivity (Wildman–Crippen MR) is 56.8 cm³/mol. The fourth-order valence-electron chi connectivity index (χ4n) is 1.13. The molecular formula is C10H14FNOS. The third-order valence-electron chi connectivity index (χ3n) is 1.79. The summed E-state index contributed by atoms with van der Waals surface area (Å²) in [6, 6.07) is 6.21. The van der Waals surface area contributed by atoms with Gasteiger partial charge in [-0.3, -0.25) is 4.21 Å². The molecule has 0 aliphatic heterocycles. The fourth-order valence-corrected chi connectivity index (χ4v) is 2.31. The van der Waals surface area contributed by atoms with E-state index in [9.17, 15) is 8.60 Å². The highest BCUT2D eigenvalue weighted by Crippen LogP contribution is 2.06. The van der Waals surface area contributed by atoms with Crippen LogP contribution >= 0.6 is 0 Å². The Morgan fingerprint density at radius 3 is 2.86 bits per heavy atom. The minimum absolute atomic E-state index is 0.279. The quantitative estimate of drug-likeness (QED) is 0.807. The van der Waals surface area contributed by atoms with Crippen molar-refractivity contribution in [3.63, 3.8) is 0 Å². The van der Waals surface area contributed by atoms with Gasteiger partial charge < -0.3 is 5.73 Å². The van der Waals surface area contributed by atoms with Gasteiger partial charge in [0, 0.05) is 22.3 Å². The van der Waals surface area contributed by atoms with Crippen LogP contribution in [-0.2, 0) is 16.6 Å². The predicted octanol–water partition coefficient (Wildman–Crippen LogP) is 1.42. The molecule has 1 rings (SSSR count). The van der Waals surface area contributed by atoms with Crippen LogP contribution in [0.15, 0.2) is 24.3 Å². The summed E-state index contributed by atoms with van der Waals surface area (Å²) in [5, 5.41) is 0. The van der Waals surface area contributed by atoms with Crippen molar-refractivity contribution in [2.75, 3.05) is 12.3 Å². The van der Waals surface area contributed by atoms with Gasteiger partial charge in [-0.25, -0.2) is 4.39 Å². The molecule has 78 valence electrons. The first kappa shape index (κ1) is 11.3. The fraction of sp³-hybridized carbons (Fsp3) is 0.400. The topological polar surface area (TPSA) is 43.1 Å². The maximum atomic E-state index is 12.8. The van der Waals surface area contributed by atoms with Crippen molar-refractivity contribution in [3.05, 3.63) is 35.6 Å². The molecule has 0 radical (unpaired) electrons.